The van der Waals surface area contributed by atoms with Gasteiger partial charge in [0, 0.05) is 28.6 Å². The first-order valence-electron chi connectivity index (χ1n) is 13.2. The SMILES string of the molecule is CC(C)C(=O)N1c2cccc(O)c2NC2=C(C(=O)CC(C)(C)C2)C1c1ccc(OCc2ccccc2)cc1Cl. The highest BCUT2D eigenvalue weighted by atomic mass is 35.5. The van der Waals surface area contributed by atoms with Crippen molar-refractivity contribution in [1.29, 1.82) is 0 Å². The summed E-state index contributed by atoms with van der Waals surface area (Å²) >= 11 is 6.92. The first-order valence-corrected chi connectivity index (χ1v) is 13.6. The number of anilines is 2. The summed E-state index contributed by atoms with van der Waals surface area (Å²) in [7, 11) is 0. The van der Waals surface area contributed by atoms with Gasteiger partial charge in [-0.15, -0.1) is 0 Å². The zero-order valence-electron chi connectivity index (χ0n) is 22.6. The monoisotopic (exact) mass is 544 g/mol. The fourth-order valence-electron chi connectivity index (χ4n) is 5.42. The van der Waals surface area contributed by atoms with Gasteiger partial charge < -0.3 is 15.2 Å². The molecule has 1 amide bonds. The summed E-state index contributed by atoms with van der Waals surface area (Å²) in [6.07, 6.45) is 0.921. The number of hydrogen-bond donors (Lipinski definition) is 2. The number of amides is 1. The number of ether oxygens (including phenoxy) is 1. The van der Waals surface area contributed by atoms with Gasteiger partial charge in [0.15, 0.2) is 5.78 Å². The van der Waals surface area contributed by atoms with Crippen molar-refractivity contribution in [2.75, 3.05) is 10.2 Å². The highest BCUT2D eigenvalue weighted by Crippen LogP contribution is 2.51. The predicted octanol–water partition coefficient (Wildman–Crippen LogP) is 7.42. The van der Waals surface area contributed by atoms with Crippen LogP contribution in [0.5, 0.6) is 11.5 Å². The van der Waals surface area contributed by atoms with Crippen LogP contribution in [0, 0.1) is 11.3 Å². The summed E-state index contributed by atoms with van der Waals surface area (Å²) in [6, 6.07) is 19.5. The van der Waals surface area contributed by atoms with E-state index in [2.05, 4.69) is 5.32 Å². The van der Waals surface area contributed by atoms with Gasteiger partial charge in [0.2, 0.25) is 5.91 Å². The van der Waals surface area contributed by atoms with Gasteiger partial charge in [-0.2, -0.15) is 0 Å². The lowest BCUT2D eigenvalue weighted by molar-refractivity contribution is -0.122. The maximum atomic E-state index is 13.9. The van der Waals surface area contributed by atoms with E-state index < -0.39 is 6.04 Å². The number of Topliss-reactive ketones (excluding diaryl/α,β-unsaturated/α-hetero) is 1. The first kappa shape index (κ1) is 26.8. The van der Waals surface area contributed by atoms with Gasteiger partial charge in [-0.3, -0.25) is 14.5 Å². The minimum Gasteiger partial charge on any atom is -0.506 e. The highest BCUT2D eigenvalue weighted by Gasteiger charge is 2.44. The molecule has 0 aromatic heterocycles. The van der Waals surface area contributed by atoms with Gasteiger partial charge >= 0.3 is 0 Å². The maximum Gasteiger partial charge on any atom is 0.230 e. The molecule has 0 spiro atoms. The minimum atomic E-state index is -0.773. The van der Waals surface area contributed by atoms with E-state index in [1.165, 1.54) is 0 Å². The Kier molecular flexibility index (Phi) is 7.17. The Hall–Kier alpha value is -3.77. The Balaban J connectivity index is 1.66. The van der Waals surface area contributed by atoms with Crippen LogP contribution in [0.15, 0.2) is 78.0 Å². The van der Waals surface area contributed by atoms with Crippen molar-refractivity contribution in [1.82, 2.24) is 0 Å². The summed E-state index contributed by atoms with van der Waals surface area (Å²) in [4.78, 5) is 29.3. The fraction of sp³-hybridized carbons (Fsp3) is 0.312. The van der Waals surface area contributed by atoms with Crippen molar-refractivity contribution >= 4 is 34.7 Å². The molecule has 2 aliphatic rings. The van der Waals surface area contributed by atoms with Crippen LogP contribution in [0.3, 0.4) is 0 Å². The standard InChI is InChI=1S/C32H33ClN2O4/c1-19(2)31(38)35-25-11-8-12-26(36)29(25)34-24-16-32(3,4)17-27(37)28(24)30(35)22-14-13-21(15-23(22)33)39-18-20-9-6-5-7-10-20/h5-15,19,30,34,36H,16-18H2,1-4H3. The van der Waals surface area contributed by atoms with Crippen molar-refractivity contribution in [3.05, 3.63) is 94.1 Å². The maximum absolute atomic E-state index is 13.9. The molecule has 1 unspecified atom stereocenters. The van der Waals surface area contributed by atoms with E-state index in [0.29, 0.717) is 58.4 Å². The number of carbonyl (C=O) groups excluding carboxylic acids is 2. The average Bonchev–Trinajstić information content (AvgIpc) is 3.02. The second kappa shape index (κ2) is 10.4. The third kappa shape index (κ3) is 5.26. The molecular formula is C32H33ClN2O4. The van der Waals surface area contributed by atoms with Crippen LogP contribution in [0.1, 0.15) is 57.7 Å². The van der Waals surface area contributed by atoms with Crippen molar-refractivity contribution in [2.24, 2.45) is 11.3 Å². The van der Waals surface area contributed by atoms with E-state index in [-0.39, 0.29) is 28.8 Å². The average molecular weight is 545 g/mol. The van der Waals surface area contributed by atoms with E-state index in [1.54, 1.807) is 29.2 Å². The molecule has 6 nitrogen and oxygen atoms in total. The zero-order chi connectivity index (χ0) is 27.9. The molecule has 3 aromatic rings. The van der Waals surface area contributed by atoms with Crippen LogP contribution in [-0.2, 0) is 16.2 Å². The molecular weight excluding hydrogens is 512 g/mol. The van der Waals surface area contributed by atoms with Gasteiger partial charge in [-0.25, -0.2) is 0 Å². The number of benzene rings is 3. The first-order chi connectivity index (χ1) is 18.6. The number of phenols is 1. The smallest absolute Gasteiger partial charge is 0.230 e. The molecule has 1 aliphatic carbocycles. The molecule has 0 radical (unpaired) electrons. The number of carbonyl (C=O) groups is 2. The van der Waals surface area contributed by atoms with Crippen LogP contribution in [-0.4, -0.2) is 16.8 Å². The number of fused-ring (bicyclic) bond motifs is 1. The lowest BCUT2D eigenvalue weighted by atomic mass is 9.73. The van der Waals surface area contributed by atoms with E-state index in [0.717, 1.165) is 5.56 Å². The van der Waals surface area contributed by atoms with Crippen LogP contribution in [0.2, 0.25) is 5.02 Å². The molecule has 0 bridgehead atoms. The molecule has 1 atom stereocenters. The van der Waals surface area contributed by atoms with Gasteiger partial charge in [0.1, 0.15) is 23.8 Å². The second-order valence-corrected chi connectivity index (χ2v) is 11.8. The van der Waals surface area contributed by atoms with E-state index >= 15 is 0 Å². The molecule has 2 N–H and O–H groups in total. The highest BCUT2D eigenvalue weighted by molar-refractivity contribution is 6.31. The molecule has 0 fully saturated rings. The van der Waals surface area contributed by atoms with E-state index in [9.17, 15) is 14.7 Å². The second-order valence-electron chi connectivity index (χ2n) is 11.4. The topological polar surface area (TPSA) is 78.9 Å². The van der Waals surface area contributed by atoms with Crippen LogP contribution in [0.4, 0.5) is 11.4 Å². The van der Waals surface area contributed by atoms with Crippen LogP contribution < -0.4 is 15.0 Å². The van der Waals surface area contributed by atoms with Crippen molar-refractivity contribution in [3.63, 3.8) is 0 Å². The Bertz CT molecular complexity index is 1460. The van der Waals surface area contributed by atoms with Crippen LogP contribution in [0.25, 0.3) is 0 Å². The summed E-state index contributed by atoms with van der Waals surface area (Å²) in [5.41, 5.74) is 3.47. The largest absolute Gasteiger partial charge is 0.506 e. The zero-order valence-corrected chi connectivity index (χ0v) is 23.4. The Morgan fingerprint density at radius 2 is 1.85 bits per heavy atom. The number of rotatable bonds is 5. The molecule has 202 valence electrons. The predicted molar refractivity (Wildman–Crippen MR) is 154 cm³/mol. The lowest BCUT2D eigenvalue weighted by Crippen LogP contribution is -2.41. The molecule has 1 heterocycles. The number of nitrogens with zero attached hydrogens (tertiary/aromatic N) is 1. The quantitative estimate of drug-likeness (QED) is 0.327. The van der Waals surface area contributed by atoms with E-state index in [4.69, 9.17) is 16.3 Å². The number of aromatic hydroxyl groups is 1. The Morgan fingerprint density at radius 3 is 2.54 bits per heavy atom. The summed E-state index contributed by atoms with van der Waals surface area (Å²) in [5, 5.41) is 14.6. The fourth-order valence-corrected chi connectivity index (χ4v) is 5.69. The lowest BCUT2D eigenvalue weighted by Gasteiger charge is -2.38. The van der Waals surface area contributed by atoms with Gasteiger partial charge in [-0.1, -0.05) is 81.8 Å². The third-order valence-electron chi connectivity index (χ3n) is 7.25. The molecule has 0 saturated carbocycles. The number of hydrogen-bond acceptors (Lipinski definition) is 5. The number of halogens is 1. The summed E-state index contributed by atoms with van der Waals surface area (Å²) in [5.74, 6) is -0.00149. The minimum absolute atomic E-state index is 0.00754. The van der Waals surface area contributed by atoms with Crippen molar-refractivity contribution in [2.45, 2.75) is 53.2 Å². The van der Waals surface area contributed by atoms with Gasteiger partial charge in [-0.05, 0) is 47.2 Å². The Labute approximate surface area is 234 Å². The number of phenolic OH excluding ortho intramolecular Hbond substituents is 1. The van der Waals surface area contributed by atoms with Gasteiger partial charge in [0.25, 0.3) is 0 Å². The molecule has 0 saturated heterocycles. The number of para-hydroxylation sites is 1. The summed E-state index contributed by atoms with van der Waals surface area (Å²) < 4.78 is 5.99. The molecule has 39 heavy (non-hydrogen) atoms. The summed E-state index contributed by atoms with van der Waals surface area (Å²) in [6.45, 7) is 8.12. The molecule has 1 aliphatic heterocycles. The van der Waals surface area contributed by atoms with E-state index in [1.807, 2.05) is 70.2 Å². The van der Waals surface area contributed by atoms with Crippen LogP contribution >= 0.6 is 11.6 Å². The molecule has 3 aromatic carbocycles. The third-order valence-corrected chi connectivity index (χ3v) is 7.58. The molecule has 7 heteroatoms. The number of ketones is 1. The van der Waals surface area contributed by atoms with Crippen molar-refractivity contribution in [3.8, 4) is 11.5 Å². The van der Waals surface area contributed by atoms with Gasteiger partial charge in [0.05, 0.1) is 11.7 Å². The molecule has 5 rings (SSSR count). The number of allylic oxidation sites excluding steroid dienone is 1. The normalized spacial score (nSPS) is 18.3. The number of nitrogens with one attached hydrogen (secondary N) is 1. The Morgan fingerprint density at radius 1 is 1.10 bits per heavy atom. The van der Waals surface area contributed by atoms with Crippen molar-refractivity contribution < 1.29 is 19.4 Å².